The molecule has 1 aromatic heterocycles. The minimum Gasteiger partial charge on any atom is -0.460 e. The lowest BCUT2D eigenvalue weighted by Gasteiger charge is -2.28. The predicted octanol–water partition coefficient (Wildman–Crippen LogP) is 2.67. The summed E-state index contributed by atoms with van der Waals surface area (Å²) in [6, 6.07) is 5.45. The zero-order valence-electron chi connectivity index (χ0n) is 14.9. The summed E-state index contributed by atoms with van der Waals surface area (Å²) in [6.07, 6.45) is 1.44. The van der Waals surface area contributed by atoms with Crippen molar-refractivity contribution >= 4 is 11.9 Å². The molecule has 0 bridgehead atoms. The average Bonchev–Trinajstić information content (AvgIpc) is 3.05. The van der Waals surface area contributed by atoms with E-state index in [1.54, 1.807) is 23.7 Å². The Balaban J connectivity index is 1.89. The highest BCUT2D eigenvalue weighted by atomic mass is 19.1. The Kier molecular flexibility index (Phi) is 5.32. The number of hydrogen-bond acceptors (Lipinski definition) is 6. The van der Waals surface area contributed by atoms with Crippen molar-refractivity contribution < 1.29 is 18.7 Å². The number of nitrogens with zero attached hydrogens (tertiary/aromatic N) is 3. The SMILES string of the molecule is CC1=C(C(=O)OCCOC(C)C)[C@@H](c2cccc(F)c2)n2ncnc2N1. The van der Waals surface area contributed by atoms with Crippen LogP contribution in [0.4, 0.5) is 10.3 Å². The van der Waals surface area contributed by atoms with E-state index in [-0.39, 0.29) is 12.7 Å². The summed E-state index contributed by atoms with van der Waals surface area (Å²) in [4.78, 5) is 16.9. The highest BCUT2D eigenvalue weighted by Gasteiger charge is 2.34. The maximum Gasteiger partial charge on any atom is 0.338 e. The van der Waals surface area contributed by atoms with E-state index >= 15 is 0 Å². The van der Waals surface area contributed by atoms with Crippen molar-refractivity contribution in [3.63, 3.8) is 0 Å². The molecule has 0 spiro atoms. The average molecular weight is 360 g/mol. The van der Waals surface area contributed by atoms with Gasteiger partial charge in [-0.3, -0.25) is 0 Å². The van der Waals surface area contributed by atoms with E-state index in [9.17, 15) is 9.18 Å². The normalized spacial score (nSPS) is 16.4. The number of carbonyl (C=O) groups is 1. The maximum atomic E-state index is 13.8. The molecule has 26 heavy (non-hydrogen) atoms. The van der Waals surface area contributed by atoms with Crippen LogP contribution in [-0.4, -0.2) is 40.1 Å². The van der Waals surface area contributed by atoms with Gasteiger partial charge in [-0.2, -0.15) is 10.1 Å². The van der Waals surface area contributed by atoms with Gasteiger partial charge >= 0.3 is 5.97 Å². The van der Waals surface area contributed by atoms with Crippen molar-refractivity contribution in [2.45, 2.75) is 32.9 Å². The quantitative estimate of drug-likeness (QED) is 0.630. The van der Waals surface area contributed by atoms with E-state index in [1.165, 1.54) is 18.5 Å². The van der Waals surface area contributed by atoms with Crippen LogP contribution in [0.1, 0.15) is 32.4 Å². The summed E-state index contributed by atoms with van der Waals surface area (Å²) in [7, 11) is 0. The third kappa shape index (κ3) is 3.75. The second kappa shape index (κ2) is 7.65. The van der Waals surface area contributed by atoms with Crippen LogP contribution in [0.3, 0.4) is 0 Å². The summed E-state index contributed by atoms with van der Waals surface area (Å²) < 4.78 is 26.1. The van der Waals surface area contributed by atoms with Gasteiger partial charge in [-0.15, -0.1) is 0 Å². The molecular formula is C18H21FN4O3. The molecule has 7 nitrogen and oxygen atoms in total. The molecule has 0 amide bonds. The van der Waals surface area contributed by atoms with Crippen molar-refractivity contribution in [1.29, 1.82) is 0 Å². The van der Waals surface area contributed by atoms with E-state index < -0.39 is 17.8 Å². The number of nitrogens with one attached hydrogen (secondary N) is 1. The molecule has 1 atom stereocenters. The number of allylic oxidation sites excluding steroid dienone is 1. The molecular weight excluding hydrogens is 339 g/mol. The van der Waals surface area contributed by atoms with Crippen LogP contribution in [0.15, 0.2) is 41.9 Å². The van der Waals surface area contributed by atoms with Crippen molar-refractivity contribution in [2.24, 2.45) is 0 Å². The fourth-order valence-electron chi connectivity index (χ4n) is 2.84. The Morgan fingerprint density at radius 3 is 2.92 bits per heavy atom. The second-order valence-corrected chi connectivity index (χ2v) is 6.20. The standard InChI is InChI=1S/C18H21FN4O3/c1-11(2)25-7-8-26-17(24)15-12(3)22-18-20-10-21-23(18)16(15)13-5-4-6-14(19)9-13/h4-6,9-11,16H,7-8H2,1-3H3,(H,20,21,22)/t16-/m1/s1. The zero-order valence-corrected chi connectivity index (χ0v) is 14.9. The first kappa shape index (κ1) is 18.1. The lowest BCUT2D eigenvalue weighted by Crippen LogP contribution is -2.30. The van der Waals surface area contributed by atoms with Gasteiger partial charge < -0.3 is 14.8 Å². The van der Waals surface area contributed by atoms with Gasteiger partial charge in [-0.05, 0) is 38.5 Å². The van der Waals surface area contributed by atoms with E-state index in [0.717, 1.165) is 0 Å². The maximum absolute atomic E-state index is 13.8. The lowest BCUT2D eigenvalue weighted by atomic mass is 9.96. The van der Waals surface area contributed by atoms with E-state index in [2.05, 4.69) is 15.4 Å². The topological polar surface area (TPSA) is 78.3 Å². The molecule has 1 aliphatic heterocycles. The molecule has 0 aliphatic carbocycles. The summed E-state index contributed by atoms with van der Waals surface area (Å²) in [5, 5.41) is 7.22. The molecule has 0 saturated carbocycles. The third-order valence-electron chi connectivity index (χ3n) is 3.95. The smallest absolute Gasteiger partial charge is 0.338 e. The van der Waals surface area contributed by atoms with Gasteiger partial charge in [0.1, 0.15) is 24.8 Å². The molecule has 1 aromatic carbocycles. The molecule has 2 heterocycles. The Labute approximate surface area is 150 Å². The van der Waals surface area contributed by atoms with Gasteiger partial charge in [0.15, 0.2) is 0 Å². The monoisotopic (exact) mass is 360 g/mol. The largest absolute Gasteiger partial charge is 0.460 e. The van der Waals surface area contributed by atoms with Gasteiger partial charge in [-0.1, -0.05) is 12.1 Å². The molecule has 0 fully saturated rings. The molecule has 0 saturated heterocycles. The molecule has 0 unspecified atom stereocenters. The number of carbonyl (C=O) groups excluding carboxylic acids is 1. The van der Waals surface area contributed by atoms with Gasteiger partial charge in [0.2, 0.25) is 5.95 Å². The second-order valence-electron chi connectivity index (χ2n) is 6.20. The molecule has 1 aliphatic rings. The molecule has 2 aromatic rings. The minimum atomic E-state index is -0.622. The Morgan fingerprint density at radius 2 is 2.19 bits per heavy atom. The van der Waals surface area contributed by atoms with Gasteiger partial charge in [0.05, 0.1) is 18.3 Å². The van der Waals surface area contributed by atoms with E-state index in [1.807, 2.05) is 13.8 Å². The number of anilines is 1. The fourth-order valence-corrected chi connectivity index (χ4v) is 2.84. The highest BCUT2D eigenvalue weighted by Crippen LogP contribution is 2.35. The van der Waals surface area contributed by atoms with Crippen LogP contribution in [0.2, 0.25) is 0 Å². The Morgan fingerprint density at radius 1 is 1.38 bits per heavy atom. The first-order valence-electron chi connectivity index (χ1n) is 8.39. The number of esters is 1. The van der Waals surface area contributed by atoms with E-state index in [4.69, 9.17) is 9.47 Å². The molecule has 138 valence electrons. The highest BCUT2D eigenvalue weighted by molar-refractivity contribution is 5.92. The number of halogens is 1. The first-order chi connectivity index (χ1) is 12.5. The Bertz CT molecular complexity index is 831. The van der Waals surface area contributed by atoms with Gasteiger partial charge in [0.25, 0.3) is 0 Å². The number of fused-ring (bicyclic) bond motifs is 1. The van der Waals surface area contributed by atoms with Crippen LogP contribution >= 0.6 is 0 Å². The zero-order chi connectivity index (χ0) is 18.7. The van der Waals surface area contributed by atoms with Crippen molar-refractivity contribution in [2.75, 3.05) is 18.5 Å². The Hall–Kier alpha value is -2.74. The summed E-state index contributed by atoms with van der Waals surface area (Å²) in [5.41, 5.74) is 1.54. The van der Waals surface area contributed by atoms with Crippen LogP contribution in [0, 0.1) is 5.82 Å². The van der Waals surface area contributed by atoms with Crippen molar-refractivity contribution in [3.8, 4) is 0 Å². The van der Waals surface area contributed by atoms with Crippen LogP contribution in [0.5, 0.6) is 0 Å². The number of hydrogen-bond donors (Lipinski definition) is 1. The fraction of sp³-hybridized carbons (Fsp3) is 0.389. The van der Waals surface area contributed by atoms with Crippen molar-refractivity contribution in [3.05, 3.63) is 53.2 Å². The van der Waals surface area contributed by atoms with Crippen LogP contribution in [-0.2, 0) is 14.3 Å². The van der Waals surface area contributed by atoms with Gasteiger partial charge in [-0.25, -0.2) is 13.9 Å². The van der Waals surface area contributed by atoms with E-state index in [0.29, 0.717) is 29.4 Å². The minimum absolute atomic E-state index is 0.0590. The van der Waals surface area contributed by atoms with Crippen LogP contribution in [0.25, 0.3) is 0 Å². The number of rotatable bonds is 6. The molecule has 0 radical (unpaired) electrons. The number of ether oxygens (including phenoxy) is 2. The summed E-state index contributed by atoms with van der Waals surface area (Å²) >= 11 is 0. The van der Waals surface area contributed by atoms with Crippen LogP contribution < -0.4 is 5.32 Å². The third-order valence-corrected chi connectivity index (χ3v) is 3.95. The molecule has 1 N–H and O–H groups in total. The molecule has 3 rings (SSSR count). The summed E-state index contributed by atoms with van der Waals surface area (Å²) in [6.45, 7) is 6.01. The van der Waals surface area contributed by atoms with Gasteiger partial charge in [0, 0.05) is 5.70 Å². The predicted molar refractivity (Wildman–Crippen MR) is 92.9 cm³/mol. The lowest BCUT2D eigenvalue weighted by molar-refractivity contribution is -0.141. The van der Waals surface area contributed by atoms with Crippen molar-refractivity contribution in [1.82, 2.24) is 14.8 Å². The number of aromatic nitrogens is 3. The number of benzene rings is 1. The summed E-state index contributed by atoms with van der Waals surface area (Å²) in [5.74, 6) is -0.410. The molecule has 8 heteroatoms. The first-order valence-corrected chi connectivity index (χ1v) is 8.39.